The minimum absolute atomic E-state index is 0.150. The zero-order valence-corrected chi connectivity index (χ0v) is 18.7. The van der Waals surface area contributed by atoms with Gasteiger partial charge >= 0.3 is 0 Å². The van der Waals surface area contributed by atoms with Crippen LogP contribution in [0.1, 0.15) is 16.1 Å². The average Bonchev–Trinajstić information content (AvgIpc) is 3.17. The molecular weight excluding hydrogens is 421 g/mol. The Bertz CT molecular complexity index is 1290. The number of rotatable bonds is 8. The lowest BCUT2D eigenvalue weighted by molar-refractivity contribution is 0.0951. The van der Waals surface area contributed by atoms with Crippen LogP contribution in [0.15, 0.2) is 54.7 Å². The molecule has 0 fully saturated rings. The number of hydrogen-bond acceptors (Lipinski definition) is 6. The van der Waals surface area contributed by atoms with Gasteiger partial charge in [0.15, 0.2) is 5.82 Å². The summed E-state index contributed by atoms with van der Waals surface area (Å²) in [6.45, 7) is 3.21. The van der Waals surface area contributed by atoms with Gasteiger partial charge in [0, 0.05) is 47.1 Å². The lowest BCUT2D eigenvalue weighted by Crippen LogP contribution is -2.31. The van der Waals surface area contributed by atoms with Gasteiger partial charge in [-0.25, -0.2) is 9.37 Å². The lowest BCUT2D eigenvalue weighted by Gasteiger charge is -2.12. The maximum absolute atomic E-state index is 14.9. The van der Waals surface area contributed by atoms with Crippen molar-refractivity contribution >= 4 is 40.0 Å². The van der Waals surface area contributed by atoms with Crippen molar-refractivity contribution < 1.29 is 9.18 Å². The second-order valence-electron chi connectivity index (χ2n) is 8.00. The van der Waals surface area contributed by atoms with E-state index in [1.807, 2.05) is 38.1 Å². The van der Waals surface area contributed by atoms with Crippen molar-refractivity contribution in [2.45, 2.75) is 6.92 Å². The SMILES string of the molecule is Cc1cc2c(F)c(Nc3ccnc(Nc4cccc(C(=O)NCCN(C)C)c4)n3)ccc2[nH]1. The predicted octanol–water partition coefficient (Wildman–Crippen LogP) is 4.18. The van der Waals surface area contributed by atoms with Gasteiger partial charge in [-0.15, -0.1) is 0 Å². The first kappa shape index (κ1) is 22.2. The highest BCUT2D eigenvalue weighted by atomic mass is 19.1. The largest absolute Gasteiger partial charge is 0.359 e. The van der Waals surface area contributed by atoms with E-state index in [9.17, 15) is 9.18 Å². The van der Waals surface area contributed by atoms with E-state index in [1.165, 1.54) is 0 Å². The molecule has 0 saturated carbocycles. The summed E-state index contributed by atoms with van der Waals surface area (Å²) in [6.07, 6.45) is 1.58. The summed E-state index contributed by atoms with van der Waals surface area (Å²) in [6, 6.07) is 14.0. The summed E-state index contributed by atoms with van der Waals surface area (Å²) in [5, 5.41) is 9.52. The number of nitrogens with one attached hydrogen (secondary N) is 4. The fraction of sp³-hybridized carbons (Fsp3) is 0.208. The average molecular weight is 448 g/mol. The van der Waals surface area contributed by atoms with E-state index in [-0.39, 0.29) is 11.7 Å². The highest BCUT2D eigenvalue weighted by Crippen LogP contribution is 2.27. The Hall–Kier alpha value is -3.98. The number of carbonyl (C=O) groups is 1. The number of nitrogens with zero attached hydrogens (tertiary/aromatic N) is 3. The zero-order valence-electron chi connectivity index (χ0n) is 18.7. The summed E-state index contributed by atoms with van der Waals surface area (Å²) in [4.78, 5) is 26.1. The van der Waals surface area contributed by atoms with Crippen LogP contribution in [0.2, 0.25) is 0 Å². The van der Waals surface area contributed by atoms with Gasteiger partial charge in [-0.1, -0.05) is 6.07 Å². The number of aromatic amines is 1. The smallest absolute Gasteiger partial charge is 0.251 e. The van der Waals surface area contributed by atoms with E-state index >= 15 is 0 Å². The number of anilines is 4. The van der Waals surface area contributed by atoms with Gasteiger partial charge in [0.05, 0.1) is 5.69 Å². The van der Waals surface area contributed by atoms with Gasteiger partial charge < -0.3 is 25.8 Å². The standard InChI is InChI=1S/C24H26FN7O/c1-15-13-18-19(28-15)7-8-20(22(18)25)30-21-9-10-27-24(31-21)29-17-6-4-5-16(14-17)23(33)26-11-12-32(2)3/h4-10,13-14,28H,11-12H2,1-3H3,(H,26,33)(H2,27,29,30,31). The Labute approximate surface area is 191 Å². The number of amides is 1. The third kappa shape index (κ3) is 5.45. The zero-order chi connectivity index (χ0) is 23.4. The van der Waals surface area contributed by atoms with E-state index in [4.69, 9.17) is 0 Å². The molecule has 9 heteroatoms. The Morgan fingerprint density at radius 2 is 1.97 bits per heavy atom. The maximum Gasteiger partial charge on any atom is 0.251 e. The second-order valence-corrected chi connectivity index (χ2v) is 8.00. The van der Waals surface area contributed by atoms with Crippen LogP contribution in [0, 0.1) is 12.7 Å². The van der Waals surface area contributed by atoms with Gasteiger partial charge in [0.1, 0.15) is 5.82 Å². The Kier molecular flexibility index (Phi) is 6.50. The number of aryl methyl sites for hydroxylation is 1. The van der Waals surface area contributed by atoms with Gasteiger partial charge in [-0.2, -0.15) is 4.98 Å². The van der Waals surface area contributed by atoms with Crippen molar-refractivity contribution in [2.24, 2.45) is 0 Å². The van der Waals surface area contributed by atoms with Crippen molar-refractivity contribution in [1.82, 2.24) is 25.2 Å². The van der Waals surface area contributed by atoms with Crippen LogP contribution >= 0.6 is 0 Å². The van der Waals surface area contributed by atoms with E-state index in [1.54, 1.807) is 42.6 Å². The normalized spacial score (nSPS) is 11.1. The minimum atomic E-state index is -0.349. The molecule has 170 valence electrons. The predicted molar refractivity (Wildman–Crippen MR) is 129 cm³/mol. The molecule has 0 aliphatic rings. The number of halogens is 1. The highest BCUT2D eigenvalue weighted by Gasteiger charge is 2.11. The van der Waals surface area contributed by atoms with Crippen LogP contribution in [0.3, 0.4) is 0 Å². The summed E-state index contributed by atoms with van der Waals surface area (Å²) in [7, 11) is 3.90. The number of aromatic nitrogens is 3. The number of carbonyl (C=O) groups excluding carboxylic acids is 1. The van der Waals surface area contributed by atoms with Crippen LogP contribution < -0.4 is 16.0 Å². The van der Waals surface area contributed by atoms with Crippen LogP contribution in [-0.2, 0) is 0 Å². The summed E-state index contributed by atoms with van der Waals surface area (Å²) in [5.74, 6) is 0.264. The summed E-state index contributed by atoms with van der Waals surface area (Å²) in [5.41, 5.74) is 3.16. The van der Waals surface area contributed by atoms with Crippen LogP contribution in [0.25, 0.3) is 10.9 Å². The molecule has 4 rings (SSSR count). The summed E-state index contributed by atoms with van der Waals surface area (Å²) >= 11 is 0. The van der Waals surface area contributed by atoms with Gasteiger partial charge in [0.2, 0.25) is 5.95 Å². The number of H-pyrrole nitrogens is 1. The first-order valence-corrected chi connectivity index (χ1v) is 10.6. The first-order valence-electron chi connectivity index (χ1n) is 10.6. The first-order chi connectivity index (χ1) is 15.9. The Morgan fingerprint density at radius 3 is 2.79 bits per heavy atom. The highest BCUT2D eigenvalue weighted by molar-refractivity contribution is 5.95. The molecule has 0 atom stereocenters. The molecule has 2 heterocycles. The molecule has 0 bridgehead atoms. The number of fused-ring (bicyclic) bond motifs is 1. The molecule has 4 aromatic rings. The van der Waals surface area contributed by atoms with E-state index < -0.39 is 0 Å². The second kappa shape index (κ2) is 9.66. The molecule has 0 unspecified atom stereocenters. The maximum atomic E-state index is 14.9. The third-order valence-electron chi connectivity index (χ3n) is 5.02. The molecule has 2 aromatic carbocycles. The van der Waals surface area contributed by atoms with Crippen molar-refractivity contribution in [1.29, 1.82) is 0 Å². The van der Waals surface area contributed by atoms with E-state index in [0.717, 1.165) is 17.8 Å². The molecular formula is C24H26FN7O. The molecule has 1 amide bonds. The van der Waals surface area contributed by atoms with Crippen LogP contribution in [0.4, 0.5) is 27.5 Å². The Balaban J connectivity index is 1.46. The summed E-state index contributed by atoms with van der Waals surface area (Å²) < 4.78 is 14.9. The third-order valence-corrected chi connectivity index (χ3v) is 5.02. The lowest BCUT2D eigenvalue weighted by atomic mass is 10.2. The monoisotopic (exact) mass is 447 g/mol. The molecule has 4 N–H and O–H groups in total. The van der Waals surface area contributed by atoms with Crippen molar-refractivity contribution in [2.75, 3.05) is 37.8 Å². The number of benzene rings is 2. The quantitative estimate of drug-likeness (QED) is 0.323. The van der Waals surface area contributed by atoms with Crippen molar-refractivity contribution in [3.05, 3.63) is 71.8 Å². The van der Waals surface area contributed by atoms with E-state index in [0.29, 0.717) is 40.6 Å². The Morgan fingerprint density at radius 1 is 1.12 bits per heavy atom. The number of likely N-dealkylation sites (N-methyl/N-ethyl adjacent to an activating group) is 1. The molecule has 0 saturated heterocycles. The topological polar surface area (TPSA) is 98.0 Å². The van der Waals surface area contributed by atoms with Gasteiger partial charge in [-0.3, -0.25) is 4.79 Å². The van der Waals surface area contributed by atoms with Crippen molar-refractivity contribution in [3.63, 3.8) is 0 Å². The molecule has 0 spiro atoms. The minimum Gasteiger partial charge on any atom is -0.359 e. The van der Waals surface area contributed by atoms with Crippen LogP contribution in [0.5, 0.6) is 0 Å². The van der Waals surface area contributed by atoms with Crippen LogP contribution in [-0.4, -0.2) is 52.9 Å². The fourth-order valence-corrected chi connectivity index (χ4v) is 3.39. The molecule has 0 radical (unpaired) electrons. The van der Waals surface area contributed by atoms with Crippen molar-refractivity contribution in [3.8, 4) is 0 Å². The number of hydrogen-bond donors (Lipinski definition) is 4. The molecule has 0 aliphatic carbocycles. The molecule has 33 heavy (non-hydrogen) atoms. The van der Waals surface area contributed by atoms with Gasteiger partial charge in [0.25, 0.3) is 5.91 Å². The molecule has 8 nitrogen and oxygen atoms in total. The van der Waals surface area contributed by atoms with Gasteiger partial charge in [-0.05, 0) is 63.5 Å². The fourth-order valence-electron chi connectivity index (χ4n) is 3.39. The molecule has 2 aromatic heterocycles. The van der Waals surface area contributed by atoms with E-state index in [2.05, 4.69) is 30.9 Å². The molecule has 0 aliphatic heterocycles.